The maximum absolute atomic E-state index is 11.5. The predicted molar refractivity (Wildman–Crippen MR) is 62.3 cm³/mol. The lowest BCUT2D eigenvalue weighted by atomic mass is 10.2. The van der Waals surface area contributed by atoms with Crippen molar-refractivity contribution < 1.29 is 9.59 Å². The third-order valence-corrected chi connectivity index (χ3v) is 2.88. The van der Waals surface area contributed by atoms with E-state index in [1.807, 2.05) is 6.07 Å². The molecule has 1 aliphatic heterocycles. The summed E-state index contributed by atoms with van der Waals surface area (Å²) < 4.78 is 0. The van der Waals surface area contributed by atoms with Crippen LogP contribution in [0.25, 0.3) is 0 Å². The Kier molecular flexibility index (Phi) is 3.40. The Bertz CT molecular complexity index is 464. The molecule has 0 bridgehead atoms. The molecule has 0 radical (unpaired) electrons. The highest BCUT2D eigenvalue weighted by atomic mass is 35.5. The second-order valence-electron chi connectivity index (χ2n) is 3.95. The summed E-state index contributed by atoms with van der Waals surface area (Å²) in [6.45, 7) is 2.38. The van der Waals surface area contributed by atoms with Crippen molar-refractivity contribution in [3.8, 4) is 0 Å². The SMILES string of the molecule is CC1C(=O)NC(=O)CN1Cc1cccc(Cl)n1. The highest BCUT2D eigenvalue weighted by Crippen LogP contribution is 2.11. The molecule has 17 heavy (non-hydrogen) atoms. The maximum atomic E-state index is 11.5. The highest BCUT2D eigenvalue weighted by Gasteiger charge is 2.30. The van der Waals surface area contributed by atoms with Crippen LogP contribution in [0.3, 0.4) is 0 Å². The van der Waals surface area contributed by atoms with E-state index in [9.17, 15) is 9.59 Å². The Morgan fingerprint density at radius 2 is 2.29 bits per heavy atom. The Morgan fingerprint density at radius 1 is 1.53 bits per heavy atom. The maximum Gasteiger partial charge on any atom is 0.243 e. The van der Waals surface area contributed by atoms with Crippen molar-refractivity contribution in [1.82, 2.24) is 15.2 Å². The van der Waals surface area contributed by atoms with Gasteiger partial charge in [-0.05, 0) is 19.1 Å². The van der Waals surface area contributed by atoms with E-state index in [1.165, 1.54) is 0 Å². The monoisotopic (exact) mass is 253 g/mol. The smallest absolute Gasteiger partial charge is 0.243 e. The topological polar surface area (TPSA) is 62.3 Å². The van der Waals surface area contributed by atoms with Crippen LogP contribution in [-0.4, -0.2) is 34.3 Å². The van der Waals surface area contributed by atoms with Crippen molar-refractivity contribution in [1.29, 1.82) is 0 Å². The second-order valence-corrected chi connectivity index (χ2v) is 4.33. The van der Waals surface area contributed by atoms with E-state index in [0.717, 1.165) is 5.69 Å². The van der Waals surface area contributed by atoms with Crippen LogP contribution >= 0.6 is 11.6 Å². The Balaban J connectivity index is 2.12. The van der Waals surface area contributed by atoms with Gasteiger partial charge in [-0.15, -0.1) is 0 Å². The summed E-state index contributed by atoms with van der Waals surface area (Å²) in [5.74, 6) is -0.557. The molecule has 1 unspecified atom stereocenters. The number of carbonyl (C=O) groups excluding carboxylic acids is 2. The number of pyridine rings is 1. The molecule has 2 amide bonds. The fraction of sp³-hybridized carbons (Fsp3) is 0.364. The summed E-state index contributed by atoms with van der Waals surface area (Å²) in [5, 5.41) is 2.70. The van der Waals surface area contributed by atoms with Crippen LogP contribution in [0.1, 0.15) is 12.6 Å². The number of aromatic nitrogens is 1. The molecule has 5 nitrogen and oxygen atoms in total. The van der Waals surface area contributed by atoms with Crippen molar-refractivity contribution in [2.75, 3.05) is 6.54 Å². The predicted octanol–water partition coefficient (Wildman–Crippen LogP) is 0.582. The molecule has 0 saturated carbocycles. The molecule has 0 spiro atoms. The first-order chi connectivity index (χ1) is 8.06. The minimum Gasteiger partial charge on any atom is -0.294 e. The van der Waals surface area contributed by atoms with Crippen molar-refractivity contribution in [3.05, 3.63) is 29.0 Å². The van der Waals surface area contributed by atoms with Gasteiger partial charge in [0.2, 0.25) is 11.8 Å². The van der Waals surface area contributed by atoms with Gasteiger partial charge in [-0.25, -0.2) is 4.98 Å². The zero-order chi connectivity index (χ0) is 12.4. The largest absolute Gasteiger partial charge is 0.294 e. The molecule has 1 aromatic heterocycles. The van der Waals surface area contributed by atoms with Crippen LogP contribution in [0, 0.1) is 0 Å². The number of carbonyl (C=O) groups is 2. The van der Waals surface area contributed by atoms with Gasteiger partial charge in [0.05, 0.1) is 18.3 Å². The quantitative estimate of drug-likeness (QED) is 0.619. The van der Waals surface area contributed by atoms with E-state index in [-0.39, 0.29) is 24.4 Å². The number of nitrogens with one attached hydrogen (secondary N) is 1. The number of imide groups is 1. The van der Waals surface area contributed by atoms with E-state index in [0.29, 0.717) is 11.7 Å². The Hall–Kier alpha value is -1.46. The first-order valence-electron chi connectivity index (χ1n) is 5.25. The van der Waals surface area contributed by atoms with Crippen molar-refractivity contribution in [2.24, 2.45) is 0 Å². The van der Waals surface area contributed by atoms with E-state index in [2.05, 4.69) is 10.3 Å². The first-order valence-corrected chi connectivity index (χ1v) is 5.63. The molecule has 0 aromatic carbocycles. The Labute approximate surface area is 104 Å². The third kappa shape index (κ3) is 2.81. The van der Waals surface area contributed by atoms with Gasteiger partial charge in [-0.3, -0.25) is 19.8 Å². The fourth-order valence-corrected chi connectivity index (χ4v) is 1.89. The van der Waals surface area contributed by atoms with Gasteiger partial charge in [-0.2, -0.15) is 0 Å². The zero-order valence-corrected chi connectivity index (χ0v) is 10.1. The van der Waals surface area contributed by atoms with Crippen LogP contribution in [0.2, 0.25) is 5.15 Å². The molecule has 1 atom stereocenters. The summed E-state index contributed by atoms with van der Waals surface area (Å²) >= 11 is 5.78. The fourth-order valence-electron chi connectivity index (χ4n) is 1.71. The molecule has 0 aliphatic carbocycles. The lowest BCUT2D eigenvalue weighted by Gasteiger charge is -2.31. The molecule has 1 saturated heterocycles. The first kappa shape index (κ1) is 12.0. The summed E-state index contributed by atoms with van der Waals surface area (Å²) in [6, 6.07) is 4.95. The van der Waals surface area contributed by atoms with Gasteiger partial charge in [0, 0.05) is 6.54 Å². The molecular weight excluding hydrogens is 242 g/mol. The second kappa shape index (κ2) is 4.81. The van der Waals surface area contributed by atoms with E-state index < -0.39 is 0 Å². The summed E-state index contributed by atoms with van der Waals surface area (Å²) in [4.78, 5) is 28.6. The third-order valence-electron chi connectivity index (χ3n) is 2.67. The van der Waals surface area contributed by atoms with Crippen LogP contribution in [-0.2, 0) is 16.1 Å². The number of hydrogen-bond donors (Lipinski definition) is 1. The molecule has 1 fully saturated rings. The lowest BCUT2D eigenvalue weighted by Crippen LogP contribution is -2.56. The van der Waals surface area contributed by atoms with Crippen molar-refractivity contribution in [3.63, 3.8) is 0 Å². The van der Waals surface area contributed by atoms with Gasteiger partial charge in [-0.1, -0.05) is 17.7 Å². The number of hydrogen-bond acceptors (Lipinski definition) is 4. The highest BCUT2D eigenvalue weighted by molar-refractivity contribution is 6.29. The molecule has 1 N–H and O–H groups in total. The summed E-state index contributed by atoms with van der Waals surface area (Å²) in [6.07, 6.45) is 0. The normalized spacial score (nSPS) is 21.4. The van der Waals surface area contributed by atoms with Gasteiger partial charge in [0.1, 0.15) is 5.15 Å². The molecule has 1 aliphatic rings. The zero-order valence-electron chi connectivity index (χ0n) is 9.31. The number of amides is 2. The molecule has 90 valence electrons. The molecular formula is C11H12ClN3O2. The Morgan fingerprint density at radius 3 is 3.00 bits per heavy atom. The number of rotatable bonds is 2. The summed E-state index contributed by atoms with van der Waals surface area (Å²) in [7, 11) is 0. The van der Waals surface area contributed by atoms with E-state index in [1.54, 1.807) is 24.0 Å². The van der Waals surface area contributed by atoms with Crippen LogP contribution in [0.4, 0.5) is 0 Å². The molecule has 1 aromatic rings. The van der Waals surface area contributed by atoms with Gasteiger partial charge >= 0.3 is 0 Å². The minimum atomic E-state index is -0.339. The van der Waals surface area contributed by atoms with Gasteiger partial charge in [0.25, 0.3) is 0 Å². The van der Waals surface area contributed by atoms with Gasteiger partial charge < -0.3 is 0 Å². The lowest BCUT2D eigenvalue weighted by molar-refractivity contribution is -0.139. The average Bonchev–Trinajstić information content (AvgIpc) is 2.25. The molecule has 2 rings (SSSR count). The van der Waals surface area contributed by atoms with Crippen molar-refractivity contribution >= 4 is 23.4 Å². The summed E-state index contributed by atoms with van der Waals surface area (Å²) in [5.41, 5.74) is 0.742. The van der Waals surface area contributed by atoms with Gasteiger partial charge in [0.15, 0.2) is 0 Å². The van der Waals surface area contributed by atoms with Crippen molar-refractivity contribution in [2.45, 2.75) is 19.5 Å². The number of halogens is 1. The standard InChI is InChI=1S/C11H12ClN3O2/c1-7-11(17)14-10(16)6-15(7)5-8-3-2-4-9(12)13-8/h2-4,7H,5-6H2,1H3,(H,14,16,17). The molecule has 6 heteroatoms. The van der Waals surface area contributed by atoms with Crippen LogP contribution < -0.4 is 5.32 Å². The number of nitrogens with zero attached hydrogens (tertiary/aromatic N) is 2. The molecule has 2 heterocycles. The van der Waals surface area contributed by atoms with Crippen LogP contribution in [0.5, 0.6) is 0 Å². The number of piperazine rings is 1. The average molecular weight is 254 g/mol. The van der Waals surface area contributed by atoms with Crippen LogP contribution in [0.15, 0.2) is 18.2 Å². The minimum absolute atomic E-state index is 0.196. The van der Waals surface area contributed by atoms with E-state index >= 15 is 0 Å². The van der Waals surface area contributed by atoms with E-state index in [4.69, 9.17) is 11.6 Å².